The fourth-order valence-electron chi connectivity index (χ4n) is 4.06. The van der Waals surface area contributed by atoms with Gasteiger partial charge in [0, 0.05) is 25.2 Å². The number of ether oxygens (including phenoxy) is 1. The quantitative estimate of drug-likeness (QED) is 0.649. The maximum absolute atomic E-state index is 15.0. The molecule has 3 atom stereocenters. The minimum atomic E-state index is -4.20. The summed E-state index contributed by atoms with van der Waals surface area (Å²) in [6, 6.07) is 3.87. The van der Waals surface area contributed by atoms with Crippen LogP contribution < -0.4 is 5.73 Å². The van der Waals surface area contributed by atoms with Crippen molar-refractivity contribution in [3.05, 3.63) is 58.9 Å². The number of rotatable bonds is 5. The summed E-state index contributed by atoms with van der Waals surface area (Å²) in [6.07, 6.45) is 1.33. The number of aryl methyl sites for hydroxylation is 1. The third-order valence-corrected chi connectivity index (χ3v) is 8.03. The van der Waals surface area contributed by atoms with Crippen LogP contribution in [-0.4, -0.2) is 66.1 Å². The van der Waals surface area contributed by atoms with E-state index in [-0.39, 0.29) is 36.0 Å². The van der Waals surface area contributed by atoms with Crippen molar-refractivity contribution < 1.29 is 26.7 Å². The van der Waals surface area contributed by atoms with Gasteiger partial charge in [-0.2, -0.15) is 0 Å². The van der Waals surface area contributed by atoms with Gasteiger partial charge in [-0.1, -0.05) is 6.07 Å². The first kappa shape index (κ1) is 22.2. The fourth-order valence-corrected chi connectivity index (χ4v) is 5.98. The molecule has 170 valence electrons. The summed E-state index contributed by atoms with van der Waals surface area (Å²) < 4.78 is 61.0. The van der Waals surface area contributed by atoms with Crippen LogP contribution in [-0.2, 0) is 26.7 Å². The third kappa shape index (κ3) is 3.43. The van der Waals surface area contributed by atoms with Crippen LogP contribution in [0.2, 0.25) is 0 Å². The lowest BCUT2D eigenvalue weighted by molar-refractivity contribution is 0.0847. The molecule has 2 aliphatic heterocycles. The minimum Gasteiger partial charge on any atom is -0.371 e. The van der Waals surface area contributed by atoms with Crippen molar-refractivity contribution >= 4 is 21.8 Å². The number of alkyl halides is 1. The molecule has 0 aliphatic carbocycles. The topological polar surface area (TPSA) is 128 Å². The second-order valence-electron chi connectivity index (χ2n) is 7.79. The number of halogens is 2. The number of aromatic nitrogens is 2. The van der Waals surface area contributed by atoms with E-state index in [2.05, 4.69) is 15.0 Å². The Morgan fingerprint density at radius 3 is 2.75 bits per heavy atom. The predicted molar refractivity (Wildman–Crippen MR) is 111 cm³/mol. The summed E-state index contributed by atoms with van der Waals surface area (Å²) >= 11 is 0. The molecule has 9 nitrogen and oxygen atoms in total. The van der Waals surface area contributed by atoms with Crippen molar-refractivity contribution in [1.82, 2.24) is 14.3 Å². The average Bonchev–Trinajstić information content (AvgIpc) is 3.14. The number of carbonyl (C=O) groups excluding carboxylic acids is 1. The second kappa shape index (κ2) is 7.85. The molecule has 3 heterocycles. The number of sulfonamides is 1. The van der Waals surface area contributed by atoms with Crippen LogP contribution in [0.4, 0.5) is 8.78 Å². The van der Waals surface area contributed by atoms with Gasteiger partial charge in [-0.15, -0.1) is 0 Å². The molecule has 12 heteroatoms. The van der Waals surface area contributed by atoms with E-state index in [0.29, 0.717) is 11.3 Å². The lowest BCUT2D eigenvalue weighted by atomic mass is 9.85. The van der Waals surface area contributed by atoms with Crippen molar-refractivity contribution in [2.75, 3.05) is 20.3 Å². The predicted octanol–water partition coefficient (Wildman–Crippen LogP) is 0.872. The van der Waals surface area contributed by atoms with Crippen LogP contribution in [0.5, 0.6) is 0 Å². The number of carbonyl (C=O) groups is 1. The van der Waals surface area contributed by atoms with E-state index in [9.17, 15) is 17.6 Å². The first-order valence-electron chi connectivity index (χ1n) is 9.71. The molecule has 32 heavy (non-hydrogen) atoms. The van der Waals surface area contributed by atoms with E-state index in [1.807, 2.05) is 0 Å². The van der Waals surface area contributed by atoms with Gasteiger partial charge in [0.15, 0.2) is 5.78 Å². The van der Waals surface area contributed by atoms with Crippen molar-refractivity contribution in [3.8, 4) is 0 Å². The first-order chi connectivity index (χ1) is 15.1. The zero-order chi connectivity index (χ0) is 23.3. The largest absolute Gasteiger partial charge is 0.371 e. The van der Waals surface area contributed by atoms with E-state index in [0.717, 1.165) is 10.4 Å². The van der Waals surface area contributed by atoms with Crippen molar-refractivity contribution in [2.24, 2.45) is 10.7 Å². The SMILES string of the molecule is Cc1cnc(C(=O)Cc2ccc(F)c([C@]34CO[C@@H](CF)[C@H]3S(=O)(=O)N(C)C(N)=N4)c2)cn1. The summed E-state index contributed by atoms with van der Waals surface area (Å²) in [4.78, 5) is 25.0. The van der Waals surface area contributed by atoms with Gasteiger partial charge in [0.25, 0.3) is 0 Å². The Morgan fingerprint density at radius 2 is 2.09 bits per heavy atom. The molecule has 2 N–H and O–H groups in total. The third-order valence-electron chi connectivity index (χ3n) is 5.75. The number of nitrogens with two attached hydrogens (primary N) is 1. The molecule has 0 saturated carbocycles. The highest BCUT2D eigenvalue weighted by Gasteiger charge is 2.62. The van der Waals surface area contributed by atoms with Crippen LogP contribution in [0.25, 0.3) is 0 Å². The number of guanidine groups is 1. The zero-order valence-corrected chi connectivity index (χ0v) is 18.1. The highest BCUT2D eigenvalue weighted by Crippen LogP contribution is 2.46. The van der Waals surface area contributed by atoms with Gasteiger partial charge >= 0.3 is 0 Å². The molecule has 2 aromatic rings. The van der Waals surface area contributed by atoms with Gasteiger partial charge in [-0.05, 0) is 24.6 Å². The van der Waals surface area contributed by atoms with Crippen LogP contribution in [0.1, 0.15) is 27.3 Å². The summed E-state index contributed by atoms with van der Waals surface area (Å²) in [6.45, 7) is 0.262. The van der Waals surface area contributed by atoms with E-state index < -0.39 is 39.4 Å². The molecule has 1 fully saturated rings. The lowest BCUT2D eigenvalue weighted by Crippen LogP contribution is -2.59. The Bertz CT molecular complexity index is 1200. The van der Waals surface area contributed by atoms with E-state index in [1.165, 1.54) is 31.6 Å². The summed E-state index contributed by atoms with van der Waals surface area (Å²) in [5, 5.41) is -1.51. The molecule has 2 aliphatic rings. The Balaban J connectivity index is 1.78. The smallest absolute Gasteiger partial charge is 0.245 e. The number of fused-ring (bicyclic) bond motifs is 1. The number of Topliss-reactive ketones (excluding diaryl/α,β-unsaturated/α-hetero) is 1. The standard InChI is InChI=1S/C20H21F2N5O4S/c1-11-8-25-15(9-24-11)16(28)6-12-3-4-14(22)13(5-12)20-10-31-17(7-21)18(20)32(29,30)27(2)19(23)26-20/h3-5,8-9,17-18H,6-7,10H2,1-2H3,(H2,23,26)/t17-,18+,20+/m0/s1. The summed E-state index contributed by atoms with van der Waals surface area (Å²) in [5.74, 6) is -1.48. The van der Waals surface area contributed by atoms with Gasteiger partial charge in [-0.3, -0.25) is 9.78 Å². The molecule has 1 aromatic carbocycles. The fraction of sp³-hybridized carbons (Fsp3) is 0.400. The maximum Gasteiger partial charge on any atom is 0.245 e. The molecule has 0 amide bonds. The first-order valence-corrected chi connectivity index (χ1v) is 11.2. The number of hydrogen-bond donors (Lipinski definition) is 1. The average molecular weight is 465 g/mol. The van der Waals surface area contributed by atoms with Crippen molar-refractivity contribution in [3.63, 3.8) is 0 Å². The molecule has 4 rings (SSSR count). The van der Waals surface area contributed by atoms with Crippen LogP contribution in [0.3, 0.4) is 0 Å². The van der Waals surface area contributed by atoms with E-state index in [1.54, 1.807) is 6.92 Å². The Hall–Kier alpha value is -2.99. The highest BCUT2D eigenvalue weighted by atomic mass is 32.2. The summed E-state index contributed by atoms with van der Waals surface area (Å²) in [7, 11) is -3.00. The Morgan fingerprint density at radius 1 is 1.34 bits per heavy atom. The molecule has 0 bridgehead atoms. The lowest BCUT2D eigenvalue weighted by Gasteiger charge is -2.39. The molecule has 1 saturated heterocycles. The van der Waals surface area contributed by atoms with E-state index in [4.69, 9.17) is 10.5 Å². The molecular weight excluding hydrogens is 444 g/mol. The van der Waals surface area contributed by atoms with Gasteiger partial charge in [0.2, 0.25) is 16.0 Å². The van der Waals surface area contributed by atoms with Gasteiger partial charge < -0.3 is 10.5 Å². The molecule has 1 aromatic heterocycles. The molecule has 0 radical (unpaired) electrons. The van der Waals surface area contributed by atoms with Crippen LogP contribution in [0.15, 0.2) is 35.6 Å². The maximum atomic E-state index is 15.0. The number of ketones is 1. The number of benzene rings is 1. The van der Waals surface area contributed by atoms with Crippen molar-refractivity contribution in [2.45, 2.75) is 30.2 Å². The second-order valence-corrected chi connectivity index (χ2v) is 9.87. The zero-order valence-electron chi connectivity index (χ0n) is 17.3. The summed E-state index contributed by atoms with van der Waals surface area (Å²) in [5.41, 5.74) is 5.12. The number of nitrogens with zero attached hydrogens (tertiary/aromatic N) is 4. The molecule has 0 spiro atoms. The normalized spacial score (nSPS) is 26.5. The minimum absolute atomic E-state index is 0.127. The number of hydrogen-bond acceptors (Lipinski definition) is 8. The monoisotopic (exact) mass is 465 g/mol. The van der Waals surface area contributed by atoms with Crippen LogP contribution in [0, 0.1) is 12.7 Å². The van der Waals surface area contributed by atoms with E-state index >= 15 is 4.39 Å². The van der Waals surface area contributed by atoms with Gasteiger partial charge in [-0.25, -0.2) is 31.5 Å². The molecule has 0 unspecified atom stereocenters. The van der Waals surface area contributed by atoms with Crippen LogP contribution >= 0.6 is 0 Å². The van der Waals surface area contributed by atoms with Gasteiger partial charge in [0.1, 0.15) is 35.1 Å². The Kier molecular flexibility index (Phi) is 5.45. The molecular formula is C20H21F2N5O4S. The Labute approximate surface area is 183 Å². The highest BCUT2D eigenvalue weighted by molar-refractivity contribution is 7.90. The number of aliphatic imine (C=N–C) groups is 1. The van der Waals surface area contributed by atoms with Crippen molar-refractivity contribution in [1.29, 1.82) is 0 Å². The van der Waals surface area contributed by atoms with Gasteiger partial charge in [0.05, 0.1) is 18.5 Å².